The van der Waals surface area contributed by atoms with E-state index in [9.17, 15) is 4.39 Å². The van der Waals surface area contributed by atoms with Crippen LogP contribution in [0, 0.1) is 26.6 Å². The van der Waals surface area contributed by atoms with Gasteiger partial charge < -0.3 is 14.3 Å². The molecule has 0 fully saturated rings. The van der Waals surface area contributed by atoms with Crippen molar-refractivity contribution >= 4 is 16.7 Å². The fourth-order valence-electron chi connectivity index (χ4n) is 3.99. The largest absolute Gasteiger partial charge is 0.421 e. The van der Waals surface area contributed by atoms with Gasteiger partial charge in [0.2, 0.25) is 11.8 Å². The normalized spacial score (nSPS) is 11.3. The Balaban J connectivity index is 1.30. The smallest absolute Gasteiger partial charge is 0.247 e. The van der Waals surface area contributed by atoms with Gasteiger partial charge in [0.15, 0.2) is 0 Å². The number of rotatable bonds is 6. The van der Waals surface area contributed by atoms with Crippen LogP contribution < -0.4 is 5.32 Å². The van der Waals surface area contributed by atoms with Gasteiger partial charge in [-0.05, 0) is 43.7 Å². The fourth-order valence-corrected chi connectivity index (χ4v) is 3.99. The minimum Gasteiger partial charge on any atom is -0.421 e. The number of fused-ring (bicyclic) bond motifs is 1. The van der Waals surface area contributed by atoms with Gasteiger partial charge in [-0.2, -0.15) is 0 Å². The summed E-state index contributed by atoms with van der Waals surface area (Å²) in [4.78, 5) is 8.72. The first-order valence-corrected chi connectivity index (χ1v) is 10.7. The lowest BCUT2D eigenvalue weighted by atomic mass is 10.1. The van der Waals surface area contributed by atoms with Crippen LogP contribution in [0.3, 0.4) is 0 Å². The maximum atomic E-state index is 14.5. The van der Waals surface area contributed by atoms with Gasteiger partial charge in [-0.3, -0.25) is 0 Å². The van der Waals surface area contributed by atoms with Crippen molar-refractivity contribution in [1.82, 2.24) is 24.7 Å². The van der Waals surface area contributed by atoms with E-state index in [1.807, 2.05) is 60.9 Å². The summed E-state index contributed by atoms with van der Waals surface area (Å²) in [7, 11) is 0. The molecule has 7 nitrogen and oxygen atoms in total. The first-order chi connectivity index (χ1) is 16.0. The third-order valence-corrected chi connectivity index (χ3v) is 5.70. The summed E-state index contributed by atoms with van der Waals surface area (Å²) in [5.74, 6) is 1.53. The monoisotopic (exact) mass is 442 g/mol. The molecule has 0 saturated carbocycles. The molecule has 3 aromatic heterocycles. The van der Waals surface area contributed by atoms with E-state index in [-0.39, 0.29) is 5.82 Å². The molecule has 166 valence electrons. The average molecular weight is 442 g/mol. The second kappa shape index (κ2) is 8.46. The van der Waals surface area contributed by atoms with E-state index in [1.165, 1.54) is 12.4 Å². The molecular weight excluding hydrogens is 419 g/mol. The highest BCUT2D eigenvalue weighted by Crippen LogP contribution is 2.26. The van der Waals surface area contributed by atoms with Crippen LogP contribution in [0.1, 0.15) is 17.1 Å². The molecule has 0 aliphatic heterocycles. The van der Waals surface area contributed by atoms with Crippen molar-refractivity contribution < 1.29 is 8.81 Å². The zero-order valence-electron chi connectivity index (χ0n) is 18.6. The van der Waals surface area contributed by atoms with Gasteiger partial charge in [0.1, 0.15) is 18.0 Å². The van der Waals surface area contributed by atoms with E-state index in [1.54, 1.807) is 6.92 Å². The zero-order chi connectivity index (χ0) is 22.9. The van der Waals surface area contributed by atoms with Gasteiger partial charge in [-0.15, -0.1) is 10.2 Å². The van der Waals surface area contributed by atoms with Crippen LogP contribution >= 0.6 is 0 Å². The Kier molecular flexibility index (Phi) is 5.34. The Hall–Kier alpha value is -4.07. The van der Waals surface area contributed by atoms with Crippen LogP contribution in [0.5, 0.6) is 0 Å². The maximum absolute atomic E-state index is 14.5. The number of anilines is 1. The number of aromatic nitrogens is 5. The number of nitrogens with one attached hydrogen (secondary N) is 1. The van der Waals surface area contributed by atoms with Crippen molar-refractivity contribution in [2.45, 2.75) is 27.3 Å². The van der Waals surface area contributed by atoms with Crippen LogP contribution in [0.25, 0.3) is 33.6 Å². The van der Waals surface area contributed by atoms with E-state index in [0.717, 1.165) is 33.5 Å². The van der Waals surface area contributed by atoms with E-state index in [4.69, 9.17) is 4.42 Å². The SMILES string of the molecule is Cc1nnc(-c2ccc(-c3cc(NCCn4c(C)cc5c(C)ccc(F)c54)ncn3)cc2)o1. The topological polar surface area (TPSA) is 81.7 Å². The Labute approximate surface area is 190 Å². The number of aryl methyl sites for hydroxylation is 3. The van der Waals surface area contributed by atoms with Crippen LogP contribution in [0.4, 0.5) is 10.2 Å². The number of hydrogen-bond acceptors (Lipinski definition) is 6. The summed E-state index contributed by atoms with van der Waals surface area (Å²) in [5, 5.41) is 12.2. The molecule has 0 aliphatic rings. The summed E-state index contributed by atoms with van der Waals surface area (Å²) in [6.45, 7) is 6.98. The highest BCUT2D eigenvalue weighted by molar-refractivity contribution is 5.85. The van der Waals surface area contributed by atoms with Gasteiger partial charge in [-0.25, -0.2) is 14.4 Å². The number of benzene rings is 2. The van der Waals surface area contributed by atoms with Gasteiger partial charge in [-0.1, -0.05) is 18.2 Å². The minimum absolute atomic E-state index is 0.202. The molecule has 2 aromatic carbocycles. The fraction of sp³-hybridized carbons (Fsp3) is 0.200. The Morgan fingerprint density at radius 2 is 1.73 bits per heavy atom. The third-order valence-electron chi connectivity index (χ3n) is 5.70. The van der Waals surface area contributed by atoms with Gasteiger partial charge in [0, 0.05) is 48.3 Å². The van der Waals surface area contributed by atoms with E-state index < -0.39 is 0 Å². The molecule has 3 heterocycles. The summed E-state index contributed by atoms with van der Waals surface area (Å²) < 4.78 is 22.0. The molecule has 0 radical (unpaired) electrons. The van der Waals surface area contributed by atoms with E-state index in [0.29, 0.717) is 36.2 Å². The highest BCUT2D eigenvalue weighted by Gasteiger charge is 2.12. The molecule has 1 N–H and O–H groups in total. The van der Waals surface area contributed by atoms with Crippen molar-refractivity contribution in [2.24, 2.45) is 0 Å². The van der Waals surface area contributed by atoms with Crippen LogP contribution in [-0.2, 0) is 6.54 Å². The van der Waals surface area contributed by atoms with Crippen LogP contribution in [0.2, 0.25) is 0 Å². The molecule has 0 atom stereocenters. The molecule has 33 heavy (non-hydrogen) atoms. The predicted molar refractivity (Wildman–Crippen MR) is 125 cm³/mol. The maximum Gasteiger partial charge on any atom is 0.247 e. The standard InChI is InChI=1S/C25H23FN6O/c1-15-4-9-21(26)24-20(15)12-16(2)32(24)11-10-27-23-13-22(28-14-29-23)18-5-7-19(8-6-18)25-31-30-17(3)33-25/h4-9,12-14H,10-11H2,1-3H3,(H,27,28,29). The highest BCUT2D eigenvalue weighted by atomic mass is 19.1. The molecule has 5 aromatic rings. The molecule has 0 bridgehead atoms. The second-order valence-corrected chi connectivity index (χ2v) is 7.98. The van der Waals surface area contributed by atoms with Crippen LogP contribution in [-0.4, -0.2) is 31.3 Å². The van der Waals surface area contributed by atoms with Crippen molar-refractivity contribution in [3.63, 3.8) is 0 Å². The lowest BCUT2D eigenvalue weighted by Gasteiger charge is -2.11. The minimum atomic E-state index is -0.202. The third kappa shape index (κ3) is 4.07. The summed E-state index contributed by atoms with van der Waals surface area (Å²) in [6.07, 6.45) is 1.53. The van der Waals surface area contributed by atoms with Crippen molar-refractivity contribution in [3.8, 4) is 22.7 Å². The molecule has 0 saturated heterocycles. The molecule has 5 rings (SSSR count). The Morgan fingerprint density at radius 1 is 0.939 bits per heavy atom. The lowest BCUT2D eigenvalue weighted by molar-refractivity contribution is 0.533. The molecule has 0 spiro atoms. The lowest BCUT2D eigenvalue weighted by Crippen LogP contribution is -2.13. The van der Waals surface area contributed by atoms with Gasteiger partial charge >= 0.3 is 0 Å². The first-order valence-electron chi connectivity index (χ1n) is 10.7. The van der Waals surface area contributed by atoms with Crippen molar-refractivity contribution in [2.75, 3.05) is 11.9 Å². The number of hydrogen-bond donors (Lipinski definition) is 1. The molecule has 0 unspecified atom stereocenters. The Bertz CT molecular complexity index is 1440. The molecule has 0 aliphatic carbocycles. The zero-order valence-corrected chi connectivity index (χ0v) is 18.6. The predicted octanol–water partition coefficient (Wildman–Crippen LogP) is 5.32. The van der Waals surface area contributed by atoms with E-state index >= 15 is 0 Å². The summed E-state index contributed by atoms with van der Waals surface area (Å²) in [5.41, 5.74) is 5.34. The number of halogens is 1. The molecular formula is C25H23FN6O. The van der Waals surface area contributed by atoms with Gasteiger partial charge in [0.05, 0.1) is 11.2 Å². The first kappa shape index (κ1) is 20.8. The Morgan fingerprint density at radius 3 is 2.48 bits per heavy atom. The van der Waals surface area contributed by atoms with Gasteiger partial charge in [0.25, 0.3) is 0 Å². The quantitative estimate of drug-likeness (QED) is 0.383. The molecule has 8 heteroatoms. The second-order valence-electron chi connectivity index (χ2n) is 7.98. The summed E-state index contributed by atoms with van der Waals surface area (Å²) in [6, 6.07) is 15.1. The number of nitrogens with zero attached hydrogens (tertiary/aromatic N) is 5. The van der Waals surface area contributed by atoms with Crippen molar-refractivity contribution in [3.05, 3.63) is 77.8 Å². The van der Waals surface area contributed by atoms with Crippen LogP contribution in [0.15, 0.2) is 59.3 Å². The average Bonchev–Trinajstić information content (AvgIpc) is 3.41. The van der Waals surface area contributed by atoms with Crippen molar-refractivity contribution in [1.29, 1.82) is 0 Å². The summed E-state index contributed by atoms with van der Waals surface area (Å²) >= 11 is 0. The van der Waals surface area contributed by atoms with E-state index in [2.05, 4.69) is 25.5 Å². The molecule has 0 amide bonds.